The fraction of sp³-hybridized carbons (Fsp3) is 0.280. The van der Waals surface area contributed by atoms with Crippen molar-refractivity contribution in [2.45, 2.75) is 19.4 Å². The van der Waals surface area contributed by atoms with Crippen LogP contribution in [-0.4, -0.2) is 53.1 Å². The van der Waals surface area contributed by atoms with Gasteiger partial charge in [-0.15, -0.1) is 0 Å². The minimum absolute atomic E-state index is 0.470. The molecular formula is C25H28ClN7. The molecular weight excluding hydrogens is 434 g/mol. The Labute approximate surface area is 198 Å². The second-order valence-electron chi connectivity index (χ2n) is 8.84. The van der Waals surface area contributed by atoms with E-state index in [2.05, 4.69) is 64.3 Å². The van der Waals surface area contributed by atoms with E-state index < -0.39 is 0 Å². The number of nitrogen functional groups attached to an aromatic ring is 1. The standard InChI is InChI=1S/C25H28ClN7/c1-15-5-4-6-18-19(12-28-23(15)18)24-20(26)13-29-25(31-24)30-16-7-8-22(21(27)11-16)33-10-9-17(14-33)32(2)3/h4-8,11-13,17,28H,9-10,14,27H2,1-3H3,(H,29,30,31)/t17-/m0/s1. The molecule has 4 aromatic rings. The minimum atomic E-state index is 0.470. The number of aromatic nitrogens is 3. The predicted molar refractivity (Wildman–Crippen MR) is 138 cm³/mol. The normalized spacial score (nSPS) is 16.2. The van der Waals surface area contributed by atoms with Crippen LogP contribution in [0.5, 0.6) is 0 Å². The van der Waals surface area contributed by atoms with Crippen LogP contribution in [0.25, 0.3) is 22.2 Å². The number of hydrogen-bond donors (Lipinski definition) is 3. The molecule has 0 radical (unpaired) electrons. The Morgan fingerprint density at radius 2 is 2.09 bits per heavy atom. The van der Waals surface area contributed by atoms with E-state index in [4.69, 9.17) is 22.3 Å². The lowest BCUT2D eigenvalue weighted by Crippen LogP contribution is -2.31. The molecule has 4 N–H and O–H groups in total. The Balaban J connectivity index is 1.40. The number of benzene rings is 2. The first kappa shape index (κ1) is 21.6. The summed E-state index contributed by atoms with van der Waals surface area (Å²) in [5.74, 6) is 0.470. The van der Waals surface area contributed by atoms with Gasteiger partial charge < -0.3 is 25.8 Å². The highest BCUT2D eigenvalue weighted by atomic mass is 35.5. The number of nitrogens with one attached hydrogen (secondary N) is 2. The van der Waals surface area contributed by atoms with E-state index in [1.54, 1.807) is 6.20 Å². The van der Waals surface area contributed by atoms with Crippen LogP contribution in [0.4, 0.5) is 23.0 Å². The van der Waals surface area contributed by atoms with E-state index in [0.717, 1.165) is 53.0 Å². The topological polar surface area (TPSA) is 86.1 Å². The van der Waals surface area contributed by atoms with Crippen molar-refractivity contribution in [3.8, 4) is 11.3 Å². The average molecular weight is 462 g/mol. The highest BCUT2D eigenvalue weighted by molar-refractivity contribution is 6.33. The Bertz CT molecular complexity index is 1310. The lowest BCUT2D eigenvalue weighted by molar-refractivity contribution is 0.315. The second-order valence-corrected chi connectivity index (χ2v) is 9.25. The number of fused-ring (bicyclic) bond motifs is 1. The molecule has 1 fully saturated rings. The summed E-state index contributed by atoms with van der Waals surface area (Å²) >= 11 is 6.49. The molecule has 5 rings (SSSR count). The Morgan fingerprint density at radius 3 is 2.85 bits per heavy atom. The van der Waals surface area contributed by atoms with Crippen molar-refractivity contribution in [3.63, 3.8) is 0 Å². The fourth-order valence-electron chi connectivity index (χ4n) is 4.55. The third kappa shape index (κ3) is 4.10. The maximum absolute atomic E-state index is 6.49. The highest BCUT2D eigenvalue weighted by Gasteiger charge is 2.25. The van der Waals surface area contributed by atoms with Crippen molar-refractivity contribution in [1.29, 1.82) is 0 Å². The molecule has 2 aromatic heterocycles. The molecule has 0 amide bonds. The number of aryl methyl sites for hydroxylation is 1. The van der Waals surface area contributed by atoms with Crippen molar-refractivity contribution in [3.05, 3.63) is 59.4 Å². The van der Waals surface area contributed by atoms with Crippen LogP contribution < -0.4 is 16.0 Å². The monoisotopic (exact) mass is 461 g/mol. The van der Waals surface area contributed by atoms with Gasteiger partial charge in [0.15, 0.2) is 0 Å². The van der Waals surface area contributed by atoms with E-state index in [1.165, 1.54) is 5.56 Å². The zero-order chi connectivity index (χ0) is 23.1. The van der Waals surface area contributed by atoms with Gasteiger partial charge in [0.1, 0.15) is 0 Å². The lowest BCUT2D eigenvalue weighted by atomic mass is 10.1. The molecule has 0 spiro atoms. The number of hydrogen-bond acceptors (Lipinski definition) is 6. The first-order chi connectivity index (χ1) is 15.9. The SMILES string of the molecule is Cc1cccc2c(-c3nc(Nc4ccc(N5CC[C@H](N(C)C)C5)c(N)c4)ncc3Cl)c[nH]c12. The van der Waals surface area contributed by atoms with Crippen LogP contribution in [0.15, 0.2) is 48.8 Å². The van der Waals surface area contributed by atoms with Crippen LogP contribution in [0, 0.1) is 6.92 Å². The van der Waals surface area contributed by atoms with E-state index in [-0.39, 0.29) is 0 Å². The van der Waals surface area contributed by atoms with Crippen molar-refractivity contribution in [2.75, 3.05) is 43.1 Å². The van der Waals surface area contributed by atoms with Crippen LogP contribution in [0.1, 0.15) is 12.0 Å². The van der Waals surface area contributed by atoms with E-state index in [1.807, 2.05) is 24.4 Å². The van der Waals surface area contributed by atoms with Gasteiger partial charge in [-0.05, 0) is 51.2 Å². The molecule has 2 aromatic carbocycles. The third-order valence-electron chi connectivity index (χ3n) is 6.44. The summed E-state index contributed by atoms with van der Waals surface area (Å²) in [7, 11) is 4.25. The van der Waals surface area contributed by atoms with Crippen LogP contribution in [-0.2, 0) is 0 Å². The van der Waals surface area contributed by atoms with Gasteiger partial charge in [-0.3, -0.25) is 0 Å². The first-order valence-electron chi connectivity index (χ1n) is 11.1. The maximum Gasteiger partial charge on any atom is 0.227 e. The molecule has 1 aliphatic rings. The Kier molecular flexibility index (Phi) is 5.60. The largest absolute Gasteiger partial charge is 0.397 e. The highest BCUT2D eigenvalue weighted by Crippen LogP contribution is 2.35. The number of anilines is 4. The number of para-hydroxylation sites is 1. The number of rotatable bonds is 5. The molecule has 3 heterocycles. The van der Waals surface area contributed by atoms with Crippen molar-refractivity contribution in [2.24, 2.45) is 0 Å². The van der Waals surface area contributed by atoms with Gasteiger partial charge in [0.2, 0.25) is 5.95 Å². The number of aromatic amines is 1. The van der Waals surface area contributed by atoms with Gasteiger partial charge in [-0.25, -0.2) is 9.97 Å². The fourth-order valence-corrected chi connectivity index (χ4v) is 4.74. The van der Waals surface area contributed by atoms with Gasteiger partial charge in [-0.2, -0.15) is 0 Å². The van der Waals surface area contributed by atoms with Gasteiger partial charge in [0, 0.05) is 47.5 Å². The summed E-state index contributed by atoms with van der Waals surface area (Å²) in [5.41, 5.74) is 12.9. The van der Waals surface area contributed by atoms with E-state index in [0.29, 0.717) is 22.7 Å². The van der Waals surface area contributed by atoms with Crippen molar-refractivity contribution in [1.82, 2.24) is 19.9 Å². The summed E-state index contributed by atoms with van der Waals surface area (Å²) in [4.78, 5) is 17.1. The molecule has 0 bridgehead atoms. The summed E-state index contributed by atoms with van der Waals surface area (Å²) in [6.45, 7) is 4.07. The quantitative estimate of drug-likeness (QED) is 0.360. The van der Waals surface area contributed by atoms with E-state index in [9.17, 15) is 0 Å². The zero-order valence-electron chi connectivity index (χ0n) is 19.1. The molecule has 1 aliphatic heterocycles. The summed E-state index contributed by atoms with van der Waals surface area (Å²) < 4.78 is 0. The molecule has 33 heavy (non-hydrogen) atoms. The second kappa shape index (κ2) is 8.57. The van der Waals surface area contributed by atoms with Crippen molar-refractivity contribution >= 4 is 45.5 Å². The smallest absolute Gasteiger partial charge is 0.227 e. The number of nitrogens with two attached hydrogens (primary N) is 1. The van der Waals surface area contributed by atoms with Gasteiger partial charge >= 0.3 is 0 Å². The molecule has 170 valence electrons. The van der Waals surface area contributed by atoms with Gasteiger partial charge in [0.05, 0.1) is 28.3 Å². The van der Waals surface area contributed by atoms with Crippen molar-refractivity contribution < 1.29 is 0 Å². The van der Waals surface area contributed by atoms with Gasteiger partial charge in [-0.1, -0.05) is 29.8 Å². The lowest BCUT2D eigenvalue weighted by Gasteiger charge is -2.23. The number of likely N-dealkylation sites (N-methyl/N-ethyl adjacent to an activating group) is 1. The van der Waals surface area contributed by atoms with Gasteiger partial charge in [0.25, 0.3) is 0 Å². The maximum atomic E-state index is 6.49. The molecule has 0 saturated carbocycles. The first-order valence-corrected chi connectivity index (χ1v) is 11.5. The van der Waals surface area contributed by atoms with E-state index >= 15 is 0 Å². The molecule has 8 heteroatoms. The Hall–Kier alpha value is -3.29. The van der Waals surface area contributed by atoms with Crippen LogP contribution >= 0.6 is 11.6 Å². The molecule has 1 saturated heterocycles. The molecule has 0 aliphatic carbocycles. The third-order valence-corrected chi connectivity index (χ3v) is 6.72. The zero-order valence-corrected chi connectivity index (χ0v) is 19.8. The summed E-state index contributed by atoms with van der Waals surface area (Å²) in [5, 5.41) is 4.86. The number of nitrogens with zero attached hydrogens (tertiary/aromatic N) is 4. The number of halogens is 1. The summed E-state index contributed by atoms with van der Waals surface area (Å²) in [6, 6.07) is 12.7. The number of H-pyrrole nitrogens is 1. The van der Waals surface area contributed by atoms with Crippen LogP contribution in [0.3, 0.4) is 0 Å². The predicted octanol–water partition coefficient (Wildman–Crippen LogP) is 5.05. The van der Waals surface area contributed by atoms with Crippen LogP contribution in [0.2, 0.25) is 5.02 Å². The minimum Gasteiger partial charge on any atom is -0.397 e. The Morgan fingerprint density at radius 1 is 1.24 bits per heavy atom. The average Bonchev–Trinajstić information content (AvgIpc) is 3.44. The molecule has 1 atom stereocenters. The molecule has 7 nitrogen and oxygen atoms in total. The summed E-state index contributed by atoms with van der Waals surface area (Å²) in [6.07, 6.45) is 4.71. The molecule has 0 unspecified atom stereocenters.